The Kier molecular flexibility index (Phi) is 3.68. The normalized spacial score (nSPS) is 20.1. The van der Waals surface area contributed by atoms with Crippen LogP contribution in [0.2, 0.25) is 0 Å². The Hall–Kier alpha value is -1.10. The first-order chi connectivity index (χ1) is 6.99. The van der Waals surface area contributed by atoms with E-state index in [1.54, 1.807) is 0 Å². The van der Waals surface area contributed by atoms with Gasteiger partial charge in [-0.3, -0.25) is 9.59 Å². The van der Waals surface area contributed by atoms with Gasteiger partial charge in [0.2, 0.25) is 11.8 Å². The van der Waals surface area contributed by atoms with E-state index in [0.29, 0.717) is 6.42 Å². The largest absolute Gasteiger partial charge is 0.370 e. The molecule has 1 saturated carbocycles. The van der Waals surface area contributed by atoms with Crippen LogP contribution in [0, 0.1) is 0 Å². The van der Waals surface area contributed by atoms with Crippen molar-refractivity contribution in [1.29, 1.82) is 0 Å². The Balaban J connectivity index is 2.53. The summed E-state index contributed by atoms with van der Waals surface area (Å²) in [5.41, 5.74) is 10.3. The molecule has 1 atom stereocenters. The lowest BCUT2D eigenvalue weighted by molar-refractivity contribution is -0.127. The highest BCUT2D eigenvalue weighted by molar-refractivity contribution is 5.83. The number of carbonyl (C=O) groups excluding carboxylic acids is 2. The van der Waals surface area contributed by atoms with Gasteiger partial charge in [0.1, 0.15) is 0 Å². The zero-order chi connectivity index (χ0) is 11.5. The number of amides is 2. The van der Waals surface area contributed by atoms with Gasteiger partial charge in [0.15, 0.2) is 0 Å². The summed E-state index contributed by atoms with van der Waals surface area (Å²) in [7, 11) is 0. The summed E-state index contributed by atoms with van der Waals surface area (Å²) >= 11 is 0. The fourth-order valence-corrected chi connectivity index (χ4v) is 1.82. The maximum Gasteiger partial charge on any atom is 0.237 e. The Labute approximate surface area is 89.6 Å². The zero-order valence-electron chi connectivity index (χ0n) is 9.08. The highest BCUT2D eigenvalue weighted by Gasteiger charge is 2.40. The molecule has 0 unspecified atom stereocenters. The second kappa shape index (κ2) is 4.61. The Morgan fingerprint density at radius 1 is 1.47 bits per heavy atom. The molecule has 0 aromatic rings. The van der Waals surface area contributed by atoms with Crippen LogP contribution in [0.15, 0.2) is 0 Å². The predicted octanol–water partition coefficient (Wildman–Crippen LogP) is -0.362. The SMILES string of the molecule is CC[C@H](N)C(=O)NC1(CC(N)=O)CCC1. The second-order valence-electron chi connectivity index (χ2n) is 4.28. The lowest BCUT2D eigenvalue weighted by atomic mass is 9.74. The minimum Gasteiger partial charge on any atom is -0.370 e. The van der Waals surface area contributed by atoms with E-state index < -0.39 is 11.6 Å². The van der Waals surface area contributed by atoms with Gasteiger partial charge < -0.3 is 16.8 Å². The van der Waals surface area contributed by atoms with Gasteiger partial charge in [-0.05, 0) is 25.7 Å². The number of rotatable bonds is 5. The highest BCUT2D eigenvalue weighted by Crippen LogP contribution is 2.34. The van der Waals surface area contributed by atoms with Crippen LogP contribution >= 0.6 is 0 Å². The fourth-order valence-electron chi connectivity index (χ4n) is 1.82. The van der Waals surface area contributed by atoms with Gasteiger partial charge in [0.05, 0.1) is 6.04 Å². The van der Waals surface area contributed by atoms with E-state index >= 15 is 0 Å². The molecule has 1 rings (SSSR count). The molecule has 0 saturated heterocycles. The van der Waals surface area contributed by atoms with Gasteiger partial charge in [-0.2, -0.15) is 0 Å². The van der Waals surface area contributed by atoms with Crippen molar-refractivity contribution in [3.05, 3.63) is 0 Å². The minimum absolute atomic E-state index is 0.182. The molecule has 0 heterocycles. The van der Waals surface area contributed by atoms with Crippen molar-refractivity contribution >= 4 is 11.8 Å². The van der Waals surface area contributed by atoms with Crippen molar-refractivity contribution in [3.8, 4) is 0 Å². The molecular formula is C10H19N3O2. The van der Waals surface area contributed by atoms with Gasteiger partial charge in [-0.25, -0.2) is 0 Å². The van der Waals surface area contributed by atoms with Crippen molar-refractivity contribution in [1.82, 2.24) is 5.32 Å². The topological polar surface area (TPSA) is 98.2 Å². The summed E-state index contributed by atoms with van der Waals surface area (Å²) in [6, 6.07) is -0.490. The third kappa shape index (κ3) is 2.92. The summed E-state index contributed by atoms with van der Waals surface area (Å²) in [6.45, 7) is 1.85. The number of carbonyl (C=O) groups is 2. The summed E-state index contributed by atoms with van der Waals surface area (Å²) in [5, 5.41) is 2.85. The third-order valence-corrected chi connectivity index (χ3v) is 2.99. The van der Waals surface area contributed by atoms with Crippen LogP contribution in [-0.4, -0.2) is 23.4 Å². The molecule has 5 N–H and O–H groups in total. The molecule has 1 fully saturated rings. The zero-order valence-corrected chi connectivity index (χ0v) is 9.08. The van der Waals surface area contributed by atoms with E-state index in [-0.39, 0.29) is 18.2 Å². The maximum absolute atomic E-state index is 11.6. The second-order valence-corrected chi connectivity index (χ2v) is 4.28. The van der Waals surface area contributed by atoms with E-state index in [4.69, 9.17) is 11.5 Å². The Morgan fingerprint density at radius 2 is 2.07 bits per heavy atom. The van der Waals surface area contributed by atoms with E-state index in [0.717, 1.165) is 19.3 Å². The summed E-state index contributed by atoms with van der Waals surface area (Å²) in [5.74, 6) is -0.557. The first-order valence-corrected chi connectivity index (χ1v) is 5.35. The van der Waals surface area contributed by atoms with Gasteiger partial charge in [-0.15, -0.1) is 0 Å². The van der Waals surface area contributed by atoms with E-state index in [9.17, 15) is 9.59 Å². The molecule has 15 heavy (non-hydrogen) atoms. The number of hydrogen-bond donors (Lipinski definition) is 3. The van der Waals surface area contributed by atoms with Crippen LogP contribution in [0.5, 0.6) is 0 Å². The van der Waals surface area contributed by atoms with Gasteiger partial charge in [0.25, 0.3) is 0 Å². The summed E-state index contributed by atoms with van der Waals surface area (Å²) in [4.78, 5) is 22.4. The van der Waals surface area contributed by atoms with Crippen LogP contribution in [0.3, 0.4) is 0 Å². The molecule has 1 aliphatic rings. The first kappa shape index (κ1) is 12.0. The average molecular weight is 213 g/mol. The van der Waals surface area contributed by atoms with Crippen molar-refractivity contribution in [2.45, 2.75) is 50.6 Å². The van der Waals surface area contributed by atoms with Crippen LogP contribution in [0.1, 0.15) is 39.0 Å². The third-order valence-electron chi connectivity index (χ3n) is 2.99. The molecule has 0 aliphatic heterocycles. The quantitative estimate of drug-likeness (QED) is 0.581. The Bertz CT molecular complexity index is 261. The molecule has 2 amide bonds. The molecule has 1 aliphatic carbocycles. The Morgan fingerprint density at radius 3 is 2.40 bits per heavy atom. The van der Waals surface area contributed by atoms with Gasteiger partial charge in [0, 0.05) is 12.0 Å². The molecule has 5 nitrogen and oxygen atoms in total. The number of nitrogens with two attached hydrogens (primary N) is 2. The van der Waals surface area contributed by atoms with Crippen LogP contribution in [0.4, 0.5) is 0 Å². The van der Waals surface area contributed by atoms with E-state index in [2.05, 4.69) is 5.32 Å². The molecule has 0 aromatic heterocycles. The fraction of sp³-hybridized carbons (Fsp3) is 0.800. The number of hydrogen-bond acceptors (Lipinski definition) is 3. The molecule has 86 valence electrons. The van der Waals surface area contributed by atoms with Gasteiger partial charge >= 0.3 is 0 Å². The smallest absolute Gasteiger partial charge is 0.237 e. The lowest BCUT2D eigenvalue weighted by Gasteiger charge is -2.42. The predicted molar refractivity (Wildman–Crippen MR) is 56.8 cm³/mol. The molecule has 0 radical (unpaired) electrons. The molecule has 5 heteroatoms. The van der Waals surface area contributed by atoms with E-state index in [1.165, 1.54) is 0 Å². The monoisotopic (exact) mass is 213 g/mol. The van der Waals surface area contributed by atoms with E-state index in [1.807, 2.05) is 6.92 Å². The summed E-state index contributed by atoms with van der Waals surface area (Å²) < 4.78 is 0. The van der Waals surface area contributed by atoms with Crippen LogP contribution in [0.25, 0.3) is 0 Å². The van der Waals surface area contributed by atoms with Crippen molar-refractivity contribution in [3.63, 3.8) is 0 Å². The molecule has 0 aromatic carbocycles. The van der Waals surface area contributed by atoms with Crippen molar-refractivity contribution < 1.29 is 9.59 Å². The van der Waals surface area contributed by atoms with Crippen molar-refractivity contribution in [2.24, 2.45) is 11.5 Å². The number of primary amides is 1. The minimum atomic E-state index is -0.490. The highest BCUT2D eigenvalue weighted by atomic mass is 16.2. The lowest BCUT2D eigenvalue weighted by Crippen LogP contribution is -2.58. The first-order valence-electron chi connectivity index (χ1n) is 5.35. The van der Waals surface area contributed by atoms with Crippen LogP contribution in [-0.2, 0) is 9.59 Å². The van der Waals surface area contributed by atoms with Crippen LogP contribution < -0.4 is 16.8 Å². The van der Waals surface area contributed by atoms with Gasteiger partial charge in [-0.1, -0.05) is 6.92 Å². The molecule has 0 bridgehead atoms. The molecular weight excluding hydrogens is 194 g/mol. The maximum atomic E-state index is 11.6. The summed E-state index contributed by atoms with van der Waals surface area (Å²) in [6.07, 6.45) is 3.47. The average Bonchev–Trinajstić information content (AvgIpc) is 2.12. The molecule has 0 spiro atoms. The van der Waals surface area contributed by atoms with Crippen molar-refractivity contribution in [2.75, 3.05) is 0 Å². The number of nitrogens with one attached hydrogen (secondary N) is 1. The standard InChI is InChI=1S/C10H19N3O2/c1-2-7(11)9(15)13-10(4-3-5-10)6-8(12)14/h7H,2-6,11H2,1H3,(H2,12,14)(H,13,15)/t7-/m0/s1.